The molecule has 1 heterocycles. The van der Waals surface area contributed by atoms with Gasteiger partial charge >= 0.3 is 0 Å². The molecule has 1 saturated heterocycles. The standard InChI is InChI=1S/C25H37N3O5S/c1-16(2)23(25(30)26-17(3)22-14-18-7-8-19(22)13-18)27-24(29)20-5-4-6-21(15-20)34(31,32)28-9-11-33-12-10-28/h4-6,15-19,22-23H,7-14H2,1-3H3,(H,26,30)(H,27,29)/t17-,18-,19-,22+,23-/m0/s1. The molecule has 0 aromatic heterocycles. The van der Waals surface area contributed by atoms with Crippen LogP contribution in [-0.2, 0) is 19.6 Å². The molecule has 1 aromatic rings. The summed E-state index contributed by atoms with van der Waals surface area (Å²) >= 11 is 0. The lowest BCUT2D eigenvalue weighted by Crippen LogP contribution is -2.53. The number of nitrogens with zero attached hydrogens (tertiary/aromatic N) is 1. The van der Waals surface area contributed by atoms with E-state index in [2.05, 4.69) is 17.6 Å². The Balaban J connectivity index is 1.42. The van der Waals surface area contributed by atoms with Crippen molar-refractivity contribution >= 4 is 21.8 Å². The highest BCUT2D eigenvalue weighted by Crippen LogP contribution is 2.49. The van der Waals surface area contributed by atoms with Crippen molar-refractivity contribution in [2.75, 3.05) is 26.3 Å². The molecule has 3 fully saturated rings. The van der Waals surface area contributed by atoms with Crippen molar-refractivity contribution in [3.63, 3.8) is 0 Å². The summed E-state index contributed by atoms with van der Waals surface area (Å²) in [6.45, 7) is 7.14. The zero-order valence-corrected chi connectivity index (χ0v) is 21.1. The average molecular weight is 492 g/mol. The van der Waals surface area contributed by atoms with Crippen LogP contribution in [0.2, 0.25) is 0 Å². The summed E-state index contributed by atoms with van der Waals surface area (Å²) in [4.78, 5) is 26.2. The fourth-order valence-corrected chi connectivity index (χ4v) is 7.28. The number of sulfonamides is 1. The van der Waals surface area contributed by atoms with Gasteiger partial charge in [-0.05, 0) is 68.1 Å². The molecule has 2 amide bonds. The van der Waals surface area contributed by atoms with Gasteiger partial charge in [-0.1, -0.05) is 26.3 Å². The largest absolute Gasteiger partial charge is 0.379 e. The number of hydrogen-bond acceptors (Lipinski definition) is 5. The molecule has 2 N–H and O–H groups in total. The van der Waals surface area contributed by atoms with Crippen LogP contribution >= 0.6 is 0 Å². The third kappa shape index (κ3) is 5.31. The van der Waals surface area contributed by atoms with Crippen LogP contribution in [0.1, 0.15) is 56.8 Å². The first-order valence-electron chi connectivity index (χ1n) is 12.5. The van der Waals surface area contributed by atoms with Crippen molar-refractivity contribution in [2.45, 2.75) is 63.4 Å². The predicted molar refractivity (Wildman–Crippen MR) is 129 cm³/mol. The van der Waals surface area contributed by atoms with E-state index in [0.717, 1.165) is 5.92 Å². The van der Waals surface area contributed by atoms with Gasteiger partial charge in [0.1, 0.15) is 6.04 Å². The van der Waals surface area contributed by atoms with Crippen molar-refractivity contribution in [1.82, 2.24) is 14.9 Å². The Labute approximate surface area is 202 Å². The van der Waals surface area contributed by atoms with Crippen LogP contribution < -0.4 is 10.6 Å². The monoisotopic (exact) mass is 491 g/mol. The molecule has 188 valence electrons. The summed E-state index contributed by atoms with van der Waals surface area (Å²) < 4.78 is 32.6. The molecule has 0 radical (unpaired) electrons. The Morgan fingerprint density at radius 1 is 1.06 bits per heavy atom. The van der Waals surface area contributed by atoms with Crippen molar-refractivity contribution in [1.29, 1.82) is 0 Å². The van der Waals surface area contributed by atoms with Crippen molar-refractivity contribution < 1.29 is 22.7 Å². The smallest absolute Gasteiger partial charge is 0.251 e. The molecule has 8 nitrogen and oxygen atoms in total. The first kappa shape index (κ1) is 25.1. The molecule has 3 aliphatic rings. The number of rotatable bonds is 8. The second-order valence-electron chi connectivity index (χ2n) is 10.4. The van der Waals surface area contributed by atoms with Crippen LogP contribution in [0, 0.1) is 23.7 Å². The van der Waals surface area contributed by atoms with E-state index in [9.17, 15) is 18.0 Å². The lowest BCUT2D eigenvalue weighted by atomic mass is 9.84. The molecule has 0 unspecified atom stereocenters. The minimum Gasteiger partial charge on any atom is -0.379 e. The Morgan fingerprint density at radius 3 is 2.41 bits per heavy atom. The van der Waals surface area contributed by atoms with Gasteiger partial charge in [-0.15, -0.1) is 0 Å². The molecule has 1 aliphatic heterocycles. The summed E-state index contributed by atoms with van der Waals surface area (Å²) in [7, 11) is -3.71. The van der Waals surface area contributed by atoms with E-state index in [0.29, 0.717) is 25.0 Å². The number of ether oxygens (including phenoxy) is 1. The Morgan fingerprint density at radius 2 is 1.79 bits per heavy atom. The number of amides is 2. The maximum atomic E-state index is 13.1. The SMILES string of the molecule is CC(C)[C@H](NC(=O)c1cccc(S(=O)(=O)N2CCOCC2)c1)C(=O)N[C@@H](C)[C@H]1C[C@H]2CC[C@H]1C2. The average Bonchev–Trinajstić information content (AvgIpc) is 3.46. The van der Waals surface area contributed by atoms with Crippen LogP contribution in [0.15, 0.2) is 29.2 Å². The summed E-state index contributed by atoms with van der Waals surface area (Å²) in [5, 5.41) is 6.00. The highest BCUT2D eigenvalue weighted by Gasteiger charge is 2.42. The van der Waals surface area contributed by atoms with Gasteiger partial charge in [-0.2, -0.15) is 4.31 Å². The molecule has 4 rings (SSSR count). The lowest BCUT2D eigenvalue weighted by molar-refractivity contribution is -0.125. The van der Waals surface area contributed by atoms with Gasteiger partial charge in [0.05, 0.1) is 18.1 Å². The fraction of sp³-hybridized carbons (Fsp3) is 0.680. The Bertz CT molecular complexity index is 1010. The topological polar surface area (TPSA) is 105 Å². The van der Waals surface area contributed by atoms with Gasteiger partial charge in [-0.25, -0.2) is 8.42 Å². The second kappa shape index (κ2) is 10.3. The molecule has 2 bridgehead atoms. The van der Waals surface area contributed by atoms with E-state index in [1.165, 1.54) is 42.1 Å². The summed E-state index contributed by atoms with van der Waals surface area (Å²) in [5.74, 6) is 1.25. The van der Waals surface area contributed by atoms with E-state index in [4.69, 9.17) is 4.74 Å². The van der Waals surface area contributed by atoms with Crippen LogP contribution in [0.25, 0.3) is 0 Å². The summed E-state index contributed by atoms with van der Waals surface area (Å²) in [6, 6.07) is 5.37. The number of morpholine rings is 1. The third-order valence-corrected chi connectivity index (χ3v) is 9.64. The second-order valence-corrected chi connectivity index (χ2v) is 12.3. The number of benzene rings is 1. The minimum atomic E-state index is -3.71. The van der Waals surface area contributed by atoms with Crippen molar-refractivity contribution in [3.8, 4) is 0 Å². The van der Waals surface area contributed by atoms with Crippen LogP contribution in [0.5, 0.6) is 0 Å². The van der Waals surface area contributed by atoms with E-state index < -0.39 is 22.0 Å². The number of hydrogen-bond donors (Lipinski definition) is 2. The minimum absolute atomic E-state index is 0.0671. The highest BCUT2D eigenvalue weighted by molar-refractivity contribution is 7.89. The van der Waals surface area contributed by atoms with Crippen LogP contribution in [0.4, 0.5) is 0 Å². The molecular weight excluding hydrogens is 454 g/mol. The number of carbonyl (C=O) groups is 2. The van der Waals surface area contributed by atoms with Crippen molar-refractivity contribution in [2.24, 2.45) is 23.7 Å². The maximum absolute atomic E-state index is 13.1. The molecule has 2 aliphatic carbocycles. The van der Waals surface area contributed by atoms with E-state index in [1.807, 2.05) is 13.8 Å². The van der Waals surface area contributed by atoms with E-state index in [1.54, 1.807) is 12.1 Å². The molecule has 2 saturated carbocycles. The van der Waals surface area contributed by atoms with Crippen LogP contribution in [-0.4, -0.2) is 62.9 Å². The zero-order valence-electron chi connectivity index (χ0n) is 20.3. The fourth-order valence-electron chi connectivity index (χ4n) is 5.82. The number of fused-ring (bicyclic) bond motifs is 2. The molecule has 0 spiro atoms. The predicted octanol–water partition coefficient (Wildman–Crippen LogP) is 2.40. The Hall–Kier alpha value is -1.97. The maximum Gasteiger partial charge on any atom is 0.251 e. The van der Waals surface area contributed by atoms with Gasteiger partial charge in [0, 0.05) is 24.7 Å². The molecule has 5 atom stereocenters. The zero-order chi connectivity index (χ0) is 24.5. The third-order valence-electron chi connectivity index (χ3n) is 7.74. The van der Waals surface area contributed by atoms with Gasteiger partial charge in [0.2, 0.25) is 15.9 Å². The van der Waals surface area contributed by atoms with Gasteiger partial charge in [0.15, 0.2) is 0 Å². The van der Waals surface area contributed by atoms with E-state index >= 15 is 0 Å². The molecule has 34 heavy (non-hydrogen) atoms. The van der Waals surface area contributed by atoms with Crippen molar-refractivity contribution in [3.05, 3.63) is 29.8 Å². The first-order chi connectivity index (χ1) is 16.2. The Kier molecular flexibility index (Phi) is 7.64. The number of carbonyl (C=O) groups excluding carboxylic acids is 2. The van der Waals surface area contributed by atoms with Crippen LogP contribution in [0.3, 0.4) is 0 Å². The lowest BCUT2D eigenvalue weighted by Gasteiger charge is -2.31. The first-order valence-corrected chi connectivity index (χ1v) is 13.9. The quantitative estimate of drug-likeness (QED) is 0.581. The molecule has 9 heteroatoms. The summed E-state index contributed by atoms with van der Waals surface area (Å²) in [6.07, 6.45) is 5.02. The van der Waals surface area contributed by atoms with Gasteiger partial charge < -0.3 is 15.4 Å². The van der Waals surface area contributed by atoms with Gasteiger partial charge in [0.25, 0.3) is 5.91 Å². The molecular formula is C25H37N3O5S. The van der Waals surface area contributed by atoms with E-state index in [-0.39, 0.29) is 41.4 Å². The normalized spacial score (nSPS) is 26.9. The number of nitrogens with one attached hydrogen (secondary N) is 2. The van der Waals surface area contributed by atoms with Gasteiger partial charge in [-0.3, -0.25) is 9.59 Å². The summed E-state index contributed by atoms with van der Waals surface area (Å²) in [5.41, 5.74) is 0.217. The molecule has 1 aromatic carbocycles. The highest BCUT2D eigenvalue weighted by atomic mass is 32.2.